The predicted molar refractivity (Wildman–Crippen MR) is 106 cm³/mol. The van der Waals surface area contributed by atoms with Crippen molar-refractivity contribution in [2.24, 2.45) is 14.1 Å². The lowest BCUT2D eigenvalue weighted by molar-refractivity contribution is -0.122. The highest BCUT2D eigenvalue weighted by Gasteiger charge is 2.16. The van der Waals surface area contributed by atoms with Crippen LogP contribution in [0.2, 0.25) is 0 Å². The topological polar surface area (TPSA) is 90.1 Å². The first-order valence-corrected chi connectivity index (χ1v) is 8.75. The van der Waals surface area contributed by atoms with Crippen LogP contribution in [0.1, 0.15) is 10.4 Å². The molecule has 4 rings (SSSR count). The molecule has 2 N–H and O–H groups in total. The average molecular weight is 377 g/mol. The van der Waals surface area contributed by atoms with Gasteiger partial charge in [-0.3, -0.25) is 29.6 Å². The third-order valence-corrected chi connectivity index (χ3v) is 4.81. The number of hydrogen-bond acceptors (Lipinski definition) is 3. The van der Waals surface area contributed by atoms with E-state index in [0.29, 0.717) is 11.1 Å². The Balaban J connectivity index is 1.50. The standard InChI is InChI=1S/C20H19N5O3/c1-23-11-14(13-7-3-4-8-15(13)23)19(27)22-21-18(26)12-25-17-10-6-5-9-16(17)24(2)20(25)28/h3-11H,12H2,1-2H3,(H,21,26)(H,22,27). The normalized spacial score (nSPS) is 11.1. The molecule has 2 heterocycles. The highest BCUT2D eigenvalue weighted by atomic mass is 16.2. The van der Waals surface area contributed by atoms with Gasteiger partial charge in [0, 0.05) is 31.2 Å². The number of benzene rings is 2. The van der Waals surface area contributed by atoms with Gasteiger partial charge in [-0.1, -0.05) is 30.3 Å². The number of fused-ring (bicyclic) bond motifs is 2. The average Bonchev–Trinajstić information content (AvgIpc) is 3.17. The molecule has 0 saturated carbocycles. The van der Waals surface area contributed by atoms with Gasteiger partial charge >= 0.3 is 5.69 Å². The van der Waals surface area contributed by atoms with Crippen LogP contribution in [0, 0.1) is 0 Å². The molecule has 2 aromatic heterocycles. The molecular weight excluding hydrogens is 358 g/mol. The van der Waals surface area contributed by atoms with Crippen LogP contribution in [-0.4, -0.2) is 25.5 Å². The van der Waals surface area contributed by atoms with E-state index in [2.05, 4.69) is 10.9 Å². The second kappa shape index (κ2) is 6.73. The molecule has 142 valence electrons. The van der Waals surface area contributed by atoms with Crippen molar-refractivity contribution < 1.29 is 9.59 Å². The summed E-state index contributed by atoms with van der Waals surface area (Å²) in [5, 5.41) is 0.794. The number of hydrogen-bond donors (Lipinski definition) is 2. The quantitative estimate of drug-likeness (QED) is 0.527. The van der Waals surface area contributed by atoms with Crippen molar-refractivity contribution in [3.63, 3.8) is 0 Å². The third kappa shape index (κ3) is 2.84. The maximum atomic E-state index is 12.5. The van der Waals surface area contributed by atoms with E-state index in [9.17, 15) is 14.4 Å². The van der Waals surface area contributed by atoms with Crippen molar-refractivity contribution in [1.29, 1.82) is 0 Å². The van der Waals surface area contributed by atoms with E-state index in [4.69, 9.17) is 0 Å². The summed E-state index contributed by atoms with van der Waals surface area (Å²) in [6.45, 7) is -0.198. The zero-order chi connectivity index (χ0) is 19.8. The Morgan fingerprint density at radius 3 is 2.29 bits per heavy atom. The first kappa shape index (κ1) is 17.6. The molecule has 8 nitrogen and oxygen atoms in total. The summed E-state index contributed by atoms with van der Waals surface area (Å²) in [5.41, 5.74) is 7.29. The van der Waals surface area contributed by atoms with Crippen molar-refractivity contribution >= 4 is 33.8 Å². The molecular formula is C20H19N5O3. The lowest BCUT2D eigenvalue weighted by Crippen LogP contribution is -2.44. The smallest absolute Gasteiger partial charge is 0.329 e. The maximum Gasteiger partial charge on any atom is 0.329 e. The minimum atomic E-state index is -0.493. The van der Waals surface area contributed by atoms with E-state index < -0.39 is 11.8 Å². The maximum absolute atomic E-state index is 12.5. The van der Waals surface area contributed by atoms with Gasteiger partial charge in [0.25, 0.3) is 11.8 Å². The van der Waals surface area contributed by atoms with Gasteiger partial charge in [0.15, 0.2) is 0 Å². The van der Waals surface area contributed by atoms with E-state index in [1.54, 1.807) is 25.4 Å². The van der Waals surface area contributed by atoms with Crippen LogP contribution < -0.4 is 16.5 Å². The molecule has 0 fully saturated rings. The summed E-state index contributed by atoms with van der Waals surface area (Å²) in [7, 11) is 3.51. The third-order valence-electron chi connectivity index (χ3n) is 4.81. The number of amides is 2. The number of rotatable bonds is 3. The molecule has 0 aliphatic carbocycles. The number of carbonyl (C=O) groups is 2. The molecule has 0 aliphatic heterocycles. The molecule has 0 spiro atoms. The van der Waals surface area contributed by atoms with Crippen LogP contribution in [0.4, 0.5) is 0 Å². The SMILES string of the molecule is Cn1cc(C(=O)NNC(=O)Cn2c(=O)n(C)c3ccccc32)c2ccccc21. The van der Waals surface area contributed by atoms with Crippen molar-refractivity contribution in [3.05, 3.63) is 70.8 Å². The first-order chi connectivity index (χ1) is 13.5. The lowest BCUT2D eigenvalue weighted by Gasteiger charge is -2.07. The van der Waals surface area contributed by atoms with Gasteiger partial charge in [-0.05, 0) is 18.2 Å². The Labute approximate surface area is 159 Å². The summed E-state index contributed by atoms with van der Waals surface area (Å²) < 4.78 is 4.70. The molecule has 0 atom stereocenters. The molecule has 0 radical (unpaired) electrons. The number of aryl methyl sites for hydroxylation is 2. The molecule has 0 aliphatic rings. The Morgan fingerprint density at radius 2 is 1.54 bits per heavy atom. The number of nitrogens with zero attached hydrogens (tertiary/aromatic N) is 3. The highest BCUT2D eigenvalue weighted by Crippen LogP contribution is 2.19. The fourth-order valence-electron chi connectivity index (χ4n) is 3.42. The van der Waals surface area contributed by atoms with Crippen LogP contribution in [0.5, 0.6) is 0 Å². The second-order valence-corrected chi connectivity index (χ2v) is 6.59. The summed E-state index contributed by atoms with van der Waals surface area (Å²) in [5.74, 6) is -0.914. The van der Waals surface area contributed by atoms with E-state index >= 15 is 0 Å². The van der Waals surface area contributed by atoms with Crippen LogP contribution >= 0.6 is 0 Å². The summed E-state index contributed by atoms with van der Waals surface area (Å²) in [4.78, 5) is 37.2. The largest absolute Gasteiger partial charge is 0.350 e. The molecule has 4 aromatic rings. The Hall–Kier alpha value is -3.81. The monoisotopic (exact) mass is 377 g/mol. The molecule has 2 amide bonds. The summed E-state index contributed by atoms with van der Waals surface area (Å²) in [6.07, 6.45) is 1.71. The Morgan fingerprint density at radius 1 is 0.893 bits per heavy atom. The highest BCUT2D eigenvalue weighted by molar-refractivity contribution is 6.07. The minimum absolute atomic E-state index is 0.198. The van der Waals surface area contributed by atoms with E-state index in [1.165, 1.54) is 9.13 Å². The molecule has 0 bridgehead atoms. The fraction of sp³-hybridized carbons (Fsp3) is 0.150. The molecule has 0 unspecified atom stereocenters. The number of imidazole rings is 1. The van der Waals surface area contributed by atoms with Gasteiger partial charge in [-0.15, -0.1) is 0 Å². The zero-order valence-corrected chi connectivity index (χ0v) is 15.5. The van der Waals surface area contributed by atoms with Gasteiger partial charge in [-0.25, -0.2) is 4.79 Å². The molecule has 0 saturated heterocycles. The number of nitrogens with one attached hydrogen (secondary N) is 2. The van der Waals surface area contributed by atoms with Crippen LogP contribution in [0.15, 0.2) is 59.5 Å². The van der Waals surface area contributed by atoms with Gasteiger partial charge in [0.2, 0.25) is 0 Å². The van der Waals surface area contributed by atoms with Crippen molar-refractivity contribution in [2.75, 3.05) is 0 Å². The predicted octanol–water partition coefficient (Wildman–Crippen LogP) is 1.29. The summed E-state index contributed by atoms with van der Waals surface area (Å²) in [6, 6.07) is 14.7. The van der Waals surface area contributed by atoms with E-state index in [1.807, 2.05) is 48.0 Å². The number of carbonyl (C=O) groups excluding carboxylic acids is 2. The molecule has 28 heavy (non-hydrogen) atoms. The Kier molecular flexibility index (Phi) is 4.23. The number of hydrazine groups is 1. The van der Waals surface area contributed by atoms with E-state index in [-0.39, 0.29) is 12.2 Å². The van der Waals surface area contributed by atoms with Crippen LogP contribution in [-0.2, 0) is 25.4 Å². The van der Waals surface area contributed by atoms with Gasteiger partial charge < -0.3 is 4.57 Å². The van der Waals surface area contributed by atoms with Crippen LogP contribution in [0.3, 0.4) is 0 Å². The fourth-order valence-corrected chi connectivity index (χ4v) is 3.42. The number of aromatic nitrogens is 3. The van der Waals surface area contributed by atoms with E-state index in [0.717, 1.165) is 16.4 Å². The first-order valence-electron chi connectivity index (χ1n) is 8.75. The summed E-state index contributed by atoms with van der Waals surface area (Å²) >= 11 is 0. The van der Waals surface area contributed by atoms with Crippen molar-refractivity contribution in [3.8, 4) is 0 Å². The minimum Gasteiger partial charge on any atom is -0.350 e. The molecule has 2 aromatic carbocycles. The van der Waals surface area contributed by atoms with Crippen molar-refractivity contribution in [2.45, 2.75) is 6.54 Å². The molecule has 8 heteroatoms. The lowest BCUT2D eigenvalue weighted by atomic mass is 10.2. The van der Waals surface area contributed by atoms with Crippen LogP contribution in [0.25, 0.3) is 21.9 Å². The van der Waals surface area contributed by atoms with Gasteiger partial charge in [0.1, 0.15) is 6.54 Å². The number of para-hydroxylation sites is 3. The van der Waals surface area contributed by atoms with Crippen molar-refractivity contribution in [1.82, 2.24) is 24.6 Å². The Bertz CT molecular complexity index is 1280. The second-order valence-electron chi connectivity index (χ2n) is 6.59. The zero-order valence-electron chi connectivity index (χ0n) is 15.5. The van der Waals surface area contributed by atoms with Gasteiger partial charge in [-0.2, -0.15) is 0 Å². The van der Waals surface area contributed by atoms with Gasteiger partial charge in [0.05, 0.1) is 16.6 Å².